The van der Waals surface area contributed by atoms with Crippen LogP contribution in [0.1, 0.15) is 38.5 Å². The van der Waals surface area contributed by atoms with Gasteiger partial charge in [-0.2, -0.15) is 5.10 Å². The van der Waals surface area contributed by atoms with Crippen LogP contribution in [0.5, 0.6) is 0 Å². The number of aromatic nitrogens is 5. The predicted molar refractivity (Wildman–Crippen MR) is 166 cm³/mol. The van der Waals surface area contributed by atoms with E-state index in [1.165, 1.54) is 7.11 Å². The molecular weight excluding hydrogens is 544 g/mol. The van der Waals surface area contributed by atoms with E-state index >= 15 is 0 Å². The molecule has 11 heteroatoms. The van der Waals surface area contributed by atoms with Crippen LogP contribution in [0.4, 0.5) is 17.2 Å². The summed E-state index contributed by atoms with van der Waals surface area (Å²) in [5.41, 5.74) is 5.57. The van der Waals surface area contributed by atoms with Crippen molar-refractivity contribution >= 4 is 45.6 Å². The Hall–Kier alpha value is -4.93. The predicted octanol–water partition coefficient (Wildman–Crippen LogP) is 5.18. The van der Waals surface area contributed by atoms with Crippen LogP contribution in [-0.4, -0.2) is 74.6 Å². The average Bonchev–Trinajstić information content (AvgIpc) is 3.72. The molecule has 11 nitrogen and oxygen atoms in total. The molecule has 1 fully saturated rings. The topological polar surface area (TPSA) is 121 Å². The van der Waals surface area contributed by atoms with Gasteiger partial charge < -0.3 is 24.3 Å². The van der Waals surface area contributed by atoms with Gasteiger partial charge in [0, 0.05) is 79.9 Å². The first-order valence-corrected chi connectivity index (χ1v) is 14.8. The smallest absolute Gasteiger partial charge is 0.305 e. The van der Waals surface area contributed by atoms with Crippen molar-refractivity contribution in [2.75, 3.05) is 43.5 Å². The van der Waals surface area contributed by atoms with Crippen LogP contribution in [0.25, 0.3) is 27.8 Å². The minimum atomic E-state index is -0.168. The molecule has 4 heterocycles. The Kier molecular flexibility index (Phi) is 8.48. The number of ether oxygens (including phenoxy) is 1. The molecule has 1 amide bonds. The first-order chi connectivity index (χ1) is 21.1. The fourth-order valence-electron chi connectivity index (χ4n) is 5.52. The minimum Gasteiger partial charge on any atom is -0.469 e. The monoisotopic (exact) mass is 580 g/mol. The zero-order chi connectivity index (χ0) is 29.6. The highest BCUT2D eigenvalue weighted by Gasteiger charge is 2.21. The normalized spacial score (nSPS) is 13.5. The molecule has 0 spiro atoms. The van der Waals surface area contributed by atoms with E-state index < -0.39 is 0 Å². The van der Waals surface area contributed by atoms with Crippen molar-refractivity contribution < 1.29 is 14.3 Å². The maximum absolute atomic E-state index is 12.7. The summed E-state index contributed by atoms with van der Waals surface area (Å²) in [6.07, 6.45) is 12.1. The molecular formula is C32H36N8O3. The van der Waals surface area contributed by atoms with Crippen molar-refractivity contribution in [1.82, 2.24) is 29.5 Å². The molecule has 0 unspecified atom stereocenters. The number of H-pyrrole nitrogens is 1. The summed E-state index contributed by atoms with van der Waals surface area (Å²) in [6.45, 7) is 3.05. The zero-order valence-electron chi connectivity index (χ0n) is 24.3. The number of aromatic amines is 1. The number of carbonyl (C=O) groups is 2. The summed E-state index contributed by atoms with van der Waals surface area (Å²) in [5, 5.41) is 11.7. The van der Waals surface area contributed by atoms with Crippen molar-refractivity contribution in [1.29, 1.82) is 0 Å². The number of imidazole rings is 1. The molecule has 0 atom stereocenters. The summed E-state index contributed by atoms with van der Waals surface area (Å²) >= 11 is 0. The third-order valence-electron chi connectivity index (χ3n) is 7.99. The van der Waals surface area contributed by atoms with E-state index in [4.69, 9.17) is 4.98 Å². The summed E-state index contributed by atoms with van der Waals surface area (Å²) in [7, 11) is 1.41. The molecule has 5 aromatic rings. The second kappa shape index (κ2) is 12.9. The Balaban J connectivity index is 1.03. The van der Waals surface area contributed by atoms with Crippen LogP contribution in [0.15, 0.2) is 67.3 Å². The van der Waals surface area contributed by atoms with Gasteiger partial charge in [0.15, 0.2) is 11.5 Å². The highest BCUT2D eigenvalue weighted by atomic mass is 16.5. The molecule has 1 saturated heterocycles. The lowest BCUT2D eigenvalue weighted by Crippen LogP contribution is -2.48. The number of anilines is 3. The molecule has 3 aromatic heterocycles. The van der Waals surface area contributed by atoms with E-state index in [0.717, 1.165) is 91.0 Å². The van der Waals surface area contributed by atoms with Crippen LogP contribution in [0.2, 0.25) is 0 Å². The first-order valence-electron chi connectivity index (χ1n) is 14.8. The fourth-order valence-corrected chi connectivity index (χ4v) is 5.52. The molecule has 2 N–H and O–H groups in total. The summed E-state index contributed by atoms with van der Waals surface area (Å²) in [5.74, 6) is 0.727. The Morgan fingerprint density at radius 3 is 2.56 bits per heavy atom. The number of carbonyl (C=O) groups excluding carboxylic acids is 2. The second-order valence-electron chi connectivity index (χ2n) is 10.8. The van der Waals surface area contributed by atoms with Crippen molar-refractivity contribution in [2.45, 2.75) is 38.5 Å². The van der Waals surface area contributed by atoms with E-state index in [9.17, 15) is 9.59 Å². The van der Waals surface area contributed by atoms with Crippen LogP contribution in [0.3, 0.4) is 0 Å². The highest BCUT2D eigenvalue weighted by molar-refractivity contribution is 5.84. The molecule has 2 aromatic carbocycles. The van der Waals surface area contributed by atoms with E-state index in [0.29, 0.717) is 18.7 Å². The lowest BCUT2D eigenvalue weighted by Gasteiger charge is -2.36. The van der Waals surface area contributed by atoms with E-state index in [1.54, 1.807) is 6.20 Å². The van der Waals surface area contributed by atoms with Crippen molar-refractivity contribution in [3.8, 4) is 11.3 Å². The number of hydrogen-bond donors (Lipinski definition) is 2. The highest BCUT2D eigenvalue weighted by Crippen LogP contribution is 2.28. The second-order valence-corrected chi connectivity index (χ2v) is 10.8. The lowest BCUT2D eigenvalue weighted by atomic mass is 10.1. The summed E-state index contributed by atoms with van der Waals surface area (Å²) < 4.78 is 6.64. The Morgan fingerprint density at radius 2 is 1.77 bits per heavy atom. The Labute approximate surface area is 249 Å². The van der Waals surface area contributed by atoms with E-state index in [2.05, 4.69) is 60.5 Å². The zero-order valence-corrected chi connectivity index (χ0v) is 24.3. The number of rotatable bonds is 11. The van der Waals surface area contributed by atoms with Gasteiger partial charge in [-0.3, -0.25) is 14.7 Å². The van der Waals surface area contributed by atoms with Crippen LogP contribution in [0, 0.1) is 0 Å². The number of nitrogens with zero attached hydrogens (tertiary/aromatic N) is 6. The van der Waals surface area contributed by atoms with Crippen molar-refractivity contribution in [3.05, 3.63) is 67.3 Å². The van der Waals surface area contributed by atoms with E-state index in [1.807, 2.05) is 40.0 Å². The third-order valence-corrected chi connectivity index (χ3v) is 7.99. The minimum absolute atomic E-state index is 0.168. The maximum atomic E-state index is 12.7. The number of benzene rings is 2. The number of esters is 1. The quantitative estimate of drug-likeness (QED) is 0.162. The van der Waals surface area contributed by atoms with Gasteiger partial charge in [0.25, 0.3) is 0 Å². The number of hydrogen-bond acceptors (Lipinski definition) is 8. The number of nitrogens with one attached hydrogen (secondary N) is 2. The van der Waals surface area contributed by atoms with E-state index in [-0.39, 0.29) is 11.9 Å². The fraction of sp³-hybridized carbons (Fsp3) is 0.344. The summed E-state index contributed by atoms with van der Waals surface area (Å²) in [6, 6.07) is 14.4. The lowest BCUT2D eigenvalue weighted by molar-refractivity contribution is -0.140. The molecule has 0 saturated carbocycles. The molecule has 43 heavy (non-hydrogen) atoms. The van der Waals surface area contributed by atoms with Gasteiger partial charge in [-0.15, -0.1) is 0 Å². The van der Waals surface area contributed by atoms with Gasteiger partial charge in [-0.1, -0.05) is 25.0 Å². The molecule has 0 radical (unpaired) electrons. The first kappa shape index (κ1) is 28.2. The van der Waals surface area contributed by atoms with Crippen molar-refractivity contribution in [3.63, 3.8) is 0 Å². The Bertz CT molecular complexity index is 1700. The van der Waals surface area contributed by atoms with Crippen LogP contribution >= 0.6 is 0 Å². The molecule has 1 aliphatic heterocycles. The van der Waals surface area contributed by atoms with Gasteiger partial charge in [-0.25, -0.2) is 9.97 Å². The van der Waals surface area contributed by atoms with Crippen molar-refractivity contribution in [2.24, 2.45) is 0 Å². The van der Waals surface area contributed by atoms with Gasteiger partial charge >= 0.3 is 5.97 Å². The summed E-state index contributed by atoms with van der Waals surface area (Å²) in [4.78, 5) is 37.6. The van der Waals surface area contributed by atoms with Crippen LogP contribution < -0.4 is 10.2 Å². The van der Waals surface area contributed by atoms with Gasteiger partial charge in [0.2, 0.25) is 5.91 Å². The number of piperazine rings is 1. The SMILES string of the molecule is COC(=O)CCCCCCC(=O)N1CCN(c2ccc(Nc3nc(-c4ccc5cn[nH]c5c4)cn4ccnc34)cc2)CC1. The largest absolute Gasteiger partial charge is 0.469 e. The number of amides is 1. The van der Waals surface area contributed by atoms with Crippen LogP contribution in [-0.2, 0) is 14.3 Å². The Morgan fingerprint density at radius 1 is 0.977 bits per heavy atom. The molecule has 222 valence electrons. The average molecular weight is 581 g/mol. The molecule has 0 aliphatic carbocycles. The maximum Gasteiger partial charge on any atom is 0.305 e. The molecule has 0 bridgehead atoms. The number of fused-ring (bicyclic) bond motifs is 2. The van der Waals surface area contributed by atoms with Gasteiger partial charge in [-0.05, 0) is 43.2 Å². The molecule has 6 rings (SSSR count). The van der Waals surface area contributed by atoms with Gasteiger partial charge in [0.1, 0.15) is 0 Å². The standard InChI is InChI=1S/C32H36N8O3/c1-43-30(42)7-5-3-2-4-6-29(41)39-18-16-38(17-19-39)26-12-10-25(11-13-26)35-31-32-33-14-15-40(32)22-28(36-31)23-8-9-24-21-34-37-27(24)20-23/h8-15,20-22H,2-7,16-19H2,1H3,(H,34,37)(H,35,36). The molecule has 1 aliphatic rings. The third kappa shape index (κ3) is 6.61. The number of unbranched alkanes of at least 4 members (excludes halogenated alkanes) is 3. The van der Waals surface area contributed by atoms with Gasteiger partial charge in [0.05, 0.1) is 24.5 Å². The number of methoxy groups -OCH3 is 1.